The molecule has 0 saturated carbocycles. The summed E-state index contributed by atoms with van der Waals surface area (Å²) in [5.41, 5.74) is 3.39. The number of hydrogen-bond acceptors (Lipinski definition) is 4. The van der Waals surface area contributed by atoms with E-state index in [0.717, 1.165) is 44.0 Å². The minimum Gasteiger partial charge on any atom is -0.373 e. The summed E-state index contributed by atoms with van der Waals surface area (Å²) in [6.45, 7) is 9.35. The Morgan fingerprint density at radius 3 is 2.70 bits per heavy atom. The number of ether oxygens (including phenoxy) is 1. The van der Waals surface area contributed by atoms with Gasteiger partial charge in [0, 0.05) is 38.3 Å². The van der Waals surface area contributed by atoms with Crippen LogP contribution in [-0.4, -0.2) is 70.9 Å². The van der Waals surface area contributed by atoms with Crippen LogP contribution in [0.5, 0.6) is 0 Å². The Morgan fingerprint density at radius 2 is 2.09 bits per heavy atom. The number of amides is 1. The molecule has 2 fully saturated rings. The molecule has 0 aliphatic carbocycles. The fourth-order valence-electron chi connectivity index (χ4n) is 3.86. The van der Waals surface area contributed by atoms with Gasteiger partial charge in [-0.3, -0.25) is 14.4 Å². The first-order valence-electron chi connectivity index (χ1n) is 8.48. The Morgan fingerprint density at radius 1 is 1.35 bits per heavy atom. The van der Waals surface area contributed by atoms with Gasteiger partial charge in [0.05, 0.1) is 24.4 Å². The highest BCUT2D eigenvalue weighted by atomic mass is 16.5. The summed E-state index contributed by atoms with van der Waals surface area (Å²) in [4.78, 5) is 17.2. The molecule has 2 aliphatic heterocycles. The van der Waals surface area contributed by atoms with Gasteiger partial charge in [0.15, 0.2) is 0 Å². The summed E-state index contributed by atoms with van der Waals surface area (Å²) in [6, 6.07) is 0.349. The van der Waals surface area contributed by atoms with E-state index in [1.807, 2.05) is 30.5 Å². The quantitative estimate of drug-likeness (QED) is 0.825. The SMILES string of the molecule is Cc1nn(C)c(C)c1C[C@H](C)C(=O)N1C[C@@H]2OCCN(C)[C@@H]2C1. The van der Waals surface area contributed by atoms with E-state index in [2.05, 4.69) is 24.0 Å². The first-order valence-corrected chi connectivity index (χ1v) is 8.48. The Balaban J connectivity index is 1.66. The molecule has 3 heterocycles. The lowest BCUT2D eigenvalue weighted by molar-refractivity contribution is -0.134. The molecule has 0 spiro atoms. The molecular formula is C17H28N4O2. The average molecular weight is 320 g/mol. The van der Waals surface area contributed by atoms with Crippen LogP contribution in [-0.2, 0) is 23.0 Å². The second-order valence-electron chi connectivity index (χ2n) is 7.08. The number of likely N-dealkylation sites (tertiary alicyclic amines) is 1. The number of likely N-dealkylation sites (N-methyl/N-ethyl adjacent to an activating group) is 1. The van der Waals surface area contributed by atoms with Crippen molar-refractivity contribution in [2.24, 2.45) is 13.0 Å². The van der Waals surface area contributed by atoms with Crippen LogP contribution in [0.25, 0.3) is 0 Å². The van der Waals surface area contributed by atoms with Crippen molar-refractivity contribution < 1.29 is 9.53 Å². The van der Waals surface area contributed by atoms with Gasteiger partial charge in [0.1, 0.15) is 0 Å². The minimum absolute atomic E-state index is 0.0259. The number of aromatic nitrogens is 2. The van der Waals surface area contributed by atoms with Gasteiger partial charge in [-0.25, -0.2) is 0 Å². The van der Waals surface area contributed by atoms with Gasteiger partial charge in [0.2, 0.25) is 5.91 Å². The molecule has 6 heteroatoms. The van der Waals surface area contributed by atoms with Gasteiger partial charge >= 0.3 is 0 Å². The molecule has 0 unspecified atom stereocenters. The zero-order chi connectivity index (χ0) is 16.7. The Kier molecular flexibility index (Phi) is 4.47. The second kappa shape index (κ2) is 6.24. The third-order valence-corrected chi connectivity index (χ3v) is 5.48. The standard InChI is InChI=1S/C17H28N4O2/c1-11(8-14-12(2)18-20(5)13(14)3)17(22)21-9-15-16(10-21)23-7-6-19(15)4/h11,15-16H,6-10H2,1-5H3/t11-,15+,16-/m0/s1. The summed E-state index contributed by atoms with van der Waals surface area (Å²) >= 11 is 0. The average Bonchev–Trinajstić information content (AvgIpc) is 3.04. The number of aryl methyl sites for hydroxylation is 2. The molecule has 3 atom stereocenters. The van der Waals surface area contributed by atoms with Crippen LogP contribution in [0.1, 0.15) is 23.9 Å². The van der Waals surface area contributed by atoms with Gasteiger partial charge in [-0.1, -0.05) is 6.92 Å². The predicted molar refractivity (Wildman–Crippen MR) is 88.3 cm³/mol. The number of fused-ring (bicyclic) bond motifs is 1. The molecular weight excluding hydrogens is 292 g/mol. The maximum absolute atomic E-state index is 12.9. The summed E-state index contributed by atoms with van der Waals surface area (Å²) in [7, 11) is 4.08. The molecule has 0 N–H and O–H groups in total. The van der Waals surface area contributed by atoms with Crippen LogP contribution >= 0.6 is 0 Å². The highest BCUT2D eigenvalue weighted by Gasteiger charge is 2.41. The molecule has 0 radical (unpaired) electrons. The number of morpholine rings is 1. The van der Waals surface area contributed by atoms with Crippen molar-refractivity contribution in [1.29, 1.82) is 0 Å². The first-order chi connectivity index (χ1) is 10.9. The summed E-state index contributed by atoms with van der Waals surface area (Å²) in [5, 5.41) is 4.45. The molecule has 3 rings (SSSR count). The zero-order valence-electron chi connectivity index (χ0n) is 14.9. The van der Waals surface area contributed by atoms with E-state index in [1.54, 1.807) is 0 Å². The first kappa shape index (κ1) is 16.5. The van der Waals surface area contributed by atoms with Crippen molar-refractivity contribution in [3.63, 3.8) is 0 Å². The fourth-order valence-corrected chi connectivity index (χ4v) is 3.86. The summed E-state index contributed by atoms with van der Waals surface area (Å²) in [5.74, 6) is 0.209. The van der Waals surface area contributed by atoms with Crippen LogP contribution in [0.3, 0.4) is 0 Å². The predicted octanol–water partition coefficient (Wildman–Crippen LogP) is 0.757. The van der Waals surface area contributed by atoms with Crippen LogP contribution in [0, 0.1) is 19.8 Å². The second-order valence-corrected chi connectivity index (χ2v) is 7.08. The highest BCUT2D eigenvalue weighted by Crippen LogP contribution is 2.25. The normalized spacial score (nSPS) is 26.4. The van der Waals surface area contributed by atoms with Crippen LogP contribution in [0.2, 0.25) is 0 Å². The van der Waals surface area contributed by atoms with Gasteiger partial charge in [-0.15, -0.1) is 0 Å². The van der Waals surface area contributed by atoms with E-state index in [1.165, 1.54) is 5.56 Å². The lowest BCUT2D eigenvalue weighted by Crippen LogP contribution is -2.48. The Hall–Kier alpha value is -1.40. The van der Waals surface area contributed by atoms with Crippen molar-refractivity contribution in [1.82, 2.24) is 19.6 Å². The van der Waals surface area contributed by atoms with E-state index in [4.69, 9.17) is 4.74 Å². The number of carbonyl (C=O) groups excluding carboxylic acids is 1. The molecule has 0 aromatic carbocycles. The molecule has 128 valence electrons. The Bertz CT molecular complexity index is 598. The fraction of sp³-hybridized carbons (Fsp3) is 0.765. The van der Waals surface area contributed by atoms with Crippen LogP contribution in [0.4, 0.5) is 0 Å². The van der Waals surface area contributed by atoms with Gasteiger partial charge in [-0.2, -0.15) is 5.10 Å². The van der Waals surface area contributed by atoms with Crippen molar-refractivity contribution in [2.75, 3.05) is 33.3 Å². The molecule has 23 heavy (non-hydrogen) atoms. The molecule has 1 amide bonds. The number of hydrogen-bond donors (Lipinski definition) is 0. The third kappa shape index (κ3) is 3.02. The van der Waals surface area contributed by atoms with Crippen molar-refractivity contribution in [2.45, 2.75) is 39.3 Å². The molecule has 1 aromatic heterocycles. The molecule has 2 aliphatic rings. The largest absolute Gasteiger partial charge is 0.373 e. The van der Waals surface area contributed by atoms with E-state index >= 15 is 0 Å². The van der Waals surface area contributed by atoms with E-state index in [-0.39, 0.29) is 17.9 Å². The molecule has 6 nitrogen and oxygen atoms in total. The monoisotopic (exact) mass is 320 g/mol. The minimum atomic E-state index is -0.0259. The smallest absolute Gasteiger partial charge is 0.225 e. The molecule has 0 bridgehead atoms. The third-order valence-electron chi connectivity index (χ3n) is 5.48. The Labute approximate surface area is 138 Å². The van der Waals surface area contributed by atoms with Crippen molar-refractivity contribution >= 4 is 5.91 Å². The maximum Gasteiger partial charge on any atom is 0.225 e. The van der Waals surface area contributed by atoms with Crippen molar-refractivity contribution in [3.05, 3.63) is 17.0 Å². The topological polar surface area (TPSA) is 50.6 Å². The van der Waals surface area contributed by atoms with Gasteiger partial charge in [-0.05, 0) is 32.9 Å². The van der Waals surface area contributed by atoms with E-state index in [9.17, 15) is 4.79 Å². The lowest BCUT2D eigenvalue weighted by atomic mass is 9.98. The highest BCUT2D eigenvalue weighted by molar-refractivity contribution is 5.79. The number of carbonyl (C=O) groups is 1. The van der Waals surface area contributed by atoms with Crippen LogP contribution in [0.15, 0.2) is 0 Å². The maximum atomic E-state index is 12.9. The molecule has 2 saturated heterocycles. The van der Waals surface area contributed by atoms with Gasteiger partial charge in [0.25, 0.3) is 0 Å². The molecule has 1 aromatic rings. The summed E-state index contributed by atoms with van der Waals surface area (Å²) < 4.78 is 7.74. The number of nitrogens with zero attached hydrogens (tertiary/aromatic N) is 4. The summed E-state index contributed by atoms with van der Waals surface area (Å²) in [6.07, 6.45) is 0.930. The van der Waals surface area contributed by atoms with Crippen molar-refractivity contribution in [3.8, 4) is 0 Å². The lowest BCUT2D eigenvalue weighted by Gasteiger charge is -2.33. The van der Waals surface area contributed by atoms with E-state index in [0.29, 0.717) is 6.04 Å². The van der Waals surface area contributed by atoms with Crippen LogP contribution < -0.4 is 0 Å². The van der Waals surface area contributed by atoms with E-state index < -0.39 is 0 Å². The zero-order valence-corrected chi connectivity index (χ0v) is 14.9. The number of rotatable bonds is 3. The van der Waals surface area contributed by atoms with Gasteiger partial charge < -0.3 is 9.64 Å².